The number of methoxy groups -OCH3 is 3. The number of carbonyl (C=O) groups excluding carboxylic acids is 1. The van der Waals surface area contributed by atoms with Gasteiger partial charge in [-0.25, -0.2) is 4.79 Å². The van der Waals surface area contributed by atoms with E-state index in [1.54, 1.807) is 14.2 Å². The first-order chi connectivity index (χ1) is 14.5. The Morgan fingerprint density at radius 3 is 2.83 bits per heavy atom. The summed E-state index contributed by atoms with van der Waals surface area (Å²) in [6.07, 6.45) is 3.71. The Bertz CT molecular complexity index is 896. The van der Waals surface area contributed by atoms with Gasteiger partial charge in [0, 0.05) is 13.1 Å². The maximum absolute atomic E-state index is 12.5. The van der Waals surface area contributed by atoms with Crippen LogP contribution in [0, 0.1) is 11.8 Å². The third-order valence-corrected chi connectivity index (χ3v) is 6.92. The molecule has 30 heavy (non-hydrogen) atoms. The van der Waals surface area contributed by atoms with E-state index in [0.717, 1.165) is 36.5 Å². The number of nitrogens with zero attached hydrogens (tertiary/aromatic N) is 2. The van der Waals surface area contributed by atoms with E-state index in [2.05, 4.69) is 11.8 Å². The van der Waals surface area contributed by atoms with Crippen LogP contribution in [0.3, 0.4) is 0 Å². The van der Waals surface area contributed by atoms with Gasteiger partial charge in [0.25, 0.3) is 0 Å². The van der Waals surface area contributed by atoms with Crippen LogP contribution in [0.4, 0.5) is 5.69 Å². The monoisotopic (exact) mass is 414 g/mol. The molecule has 2 saturated heterocycles. The number of hydrogen-bond donors (Lipinski definition) is 1. The predicted octanol–water partition coefficient (Wildman–Crippen LogP) is 2.79. The second-order valence-electron chi connectivity index (χ2n) is 8.28. The molecule has 0 spiro atoms. The summed E-state index contributed by atoms with van der Waals surface area (Å²) >= 11 is 0. The van der Waals surface area contributed by atoms with E-state index in [9.17, 15) is 9.90 Å². The fourth-order valence-electron chi connectivity index (χ4n) is 5.45. The van der Waals surface area contributed by atoms with Crippen molar-refractivity contribution in [2.24, 2.45) is 16.8 Å². The molecule has 0 aromatic heterocycles. The van der Waals surface area contributed by atoms with Gasteiger partial charge in [0.15, 0.2) is 0 Å². The van der Waals surface area contributed by atoms with Crippen molar-refractivity contribution in [3.05, 3.63) is 35.6 Å². The lowest BCUT2D eigenvalue weighted by atomic mass is 9.70. The number of aliphatic imine (C=N–C) groups is 1. The van der Waals surface area contributed by atoms with Crippen molar-refractivity contribution in [3.63, 3.8) is 0 Å². The fourth-order valence-corrected chi connectivity index (χ4v) is 5.45. The summed E-state index contributed by atoms with van der Waals surface area (Å²) in [6.45, 7) is 3.75. The van der Waals surface area contributed by atoms with E-state index in [0.29, 0.717) is 30.1 Å². The van der Waals surface area contributed by atoms with Crippen LogP contribution in [0.1, 0.15) is 31.7 Å². The molecule has 0 radical (unpaired) electrons. The molecule has 7 heteroatoms. The molecule has 3 aliphatic rings. The van der Waals surface area contributed by atoms with Crippen LogP contribution in [0.5, 0.6) is 5.75 Å². The summed E-state index contributed by atoms with van der Waals surface area (Å²) in [5.74, 6) is 0.569. The molecular formula is C23H30N2O5. The Hall–Kier alpha value is -2.38. The molecule has 3 aliphatic heterocycles. The quantitative estimate of drug-likeness (QED) is 0.453. The van der Waals surface area contributed by atoms with Crippen molar-refractivity contribution >= 4 is 17.4 Å². The Labute approximate surface area is 177 Å². The van der Waals surface area contributed by atoms with Gasteiger partial charge in [-0.15, -0.1) is 0 Å². The standard InChI is InChI=1S/C23H30N2O5/c1-5-14-12-25-10-9-23(27)20-17(7-6-8-19(20)29-3)24-21(23)18(25)11-15(14)16(13-28-2)22(26)30-4/h6-8,13-15,18,27H,5,9-12H2,1-4H3/b16-13+/t14-,15-,18-,23-/m0/s1. The second-order valence-corrected chi connectivity index (χ2v) is 8.28. The molecule has 0 saturated carbocycles. The van der Waals surface area contributed by atoms with Crippen molar-refractivity contribution in [1.82, 2.24) is 4.90 Å². The molecule has 4 rings (SSSR count). The molecule has 1 N–H and O–H groups in total. The van der Waals surface area contributed by atoms with E-state index in [1.165, 1.54) is 13.4 Å². The summed E-state index contributed by atoms with van der Waals surface area (Å²) < 4.78 is 15.8. The lowest BCUT2D eigenvalue weighted by Crippen LogP contribution is -2.60. The molecule has 162 valence electrons. The minimum absolute atomic E-state index is 0.0284. The van der Waals surface area contributed by atoms with Crippen molar-refractivity contribution in [2.75, 3.05) is 34.4 Å². The average molecular weight is 415 g/mol. The predicted molar refractivity (Wildman–Crippen MR) is 113 cm³/mol. The van der Waals surface area contributed by atoms with Gasteiger partial charge in [-0.1, -0.05) is 19.4 Å². The minimum atomic E-state index is -1.14. The van der Waals surface area contributed by atoms with E-state index < -0.39 is 5.60 Å². The third kappa shape index (κ3) is 3.11. The van der Waals surface area contributed by atoms with Gasteiger partial charge in [0.05, 0.1) is 56.2 Å². The van der Waals surface area contributed by atoms with Crippen LogP contribution in [0.25, 0.3) is 0 Å². The summed E-state index contributed by atoms with van der Waals surface area (Å²) in [7, 11) is 4.56. The highest BCUT2D eigenvalue weighted by atomic mass is 16.5. The number of aliphatic hydroxyl groups is 1. The SMILES string of the molecule is CC[C@H]1CN2CC[C@@]3(O)C(=Nc4cccc(OC)c43)[C@@H]2C[C@@H]1/C(=C\OC)C(=O)OC. The number of ether oxygens (including phenoxy) is 3. The maximum atomic E-state index is 12.5. The molecule has 0 bridgehead atoms. The van der Waals surface area contributed by atoms with Crippen LogP contribution in [-0.2, 0) is 19.9 Å². The topological polar surface area (TPSA) is 80.6 Å². The first-order valence-corrected chi connectivity index (χ1v) is 10.5. The van der Waals surface area contributed by atoms with Crippen LogP contribution < -0.4 is 4.74 Å². The molecule has 1 aromatic rings. The van der Waals surface area contributed by atoms with Gasteiger partial charge in [0.1, 0.15) is 11.4 Å². The summed E-state index contributed by atoms with van der Waals surface area (Å²) in [4.78, 5) is 19.8. The van der Waals surface area contributed by atoms with Gasteiger partial charge in [0.2, 0.25) is 0 Å². The Morgan fingerprint density at radius 2 is 2.17 bits per heavy atom. The van der Waals surface area contributed by atoms with Gasteiger partial charge in [-0.2, -0.15) is 0 Å². The molecule has 4 atom stereocenters. The number of esters is 1. The zero-order valence-corrected chi connectivity index (χ0v) is 18.1. The summed E-state index contributed by atoms with van der Waals surface area (Å²) in [5.41, 5.74) is 1.70. The van der Waals surface area contributed by atoms with Crippen molar-refractivity contribution in [2.45, 2.75) is 37.8 Å². The second kappa shape index (κ2) is 8.04. The zero-order chi connectivity index (χ0) is 21.5. The van der Waals surface area contributed by atoms with Crippen LogP contribution >= 0.6 is 0 Å². The number of piperidine rings is 2. The number of hydrogen-bond acceptors (Lipinski definition) is 7. The van der Waals surface area contributed by atoms with Crippen molar-refractivity contribution in [3.8, 4) is 5.75 Å². The number of rotatable bonds is 5. The van der Waals surface area contributed by atoms with Crippen molar-refractivity contribution in [1.29, 1.82) is 0 Å². The highest BCUT2D eigenvalue weighted by Crippen LogP contribution is 2.51. The van der Waals surface area contributed by atoms with E-state index >= 15 is 0 Å². The van der Waals surface area contributed by atoms with E-state index in [1.807, 2.05) is 18.2 Å². The highest BCUT2D eigenvalue weighted by molar-refractivity contribution is 6.05. The third-order valence-electron chi connectivity index (χ3n) is 6.92. The number of benzene rings is 1. The average Bonchev–Trinajstić information content (AvgIpc) is 3.09. The van der Waals surface area contributed by atoms with Gasteiger partial charge < -0.3 is 19.3 Å². The fraction of sp³-hybridized carbons (Fsp3) is 0.565. The van der Waals surface area contributed by atoms with Crippen LogP contribution in [-0.4, -0.2) is 62.1 Å². The molecular weight excluding hydrogens is 384 g/mol. The smallest absolute Gasteiger partial charge is 0.337 e. The Morgan fingerprint density at radius 1 is 1.37 bits per heavy atom. The maximum Gasteiger partial charge on any atom is 0.337 e. The lowest BCUT2D eigenvalue weighted by Gasteiger charge is -2.50. The molecule has 0 unspecified atom stereocenters. The molecule has 1 aromatic carbocycles. The number of carbonyl (C=O) groups is 1. The van der Waals surface area contributed by atoms with Gasteiger partial charge in [-0.05, 0) is 36.8 Å². The Balaban J connectivity index is 1.72. The highest BCUT2D eigenvalue weighted by Gasteiger charge is 2.54. The first-order valence-electron chi connectivity index (χ1n) is 10.5. The van der Waals surface area contributed by atoms with Crippen LogP contribution in [0.2, 0.25) is 0 Å². The Kier molecular flexibility index (Phi) is 5.59. The lowest BCUT2D eigenvalue weighted by molar-refractivity contribution is -0.137. The largest absolute Gasteiger partial charge is 0.504 e. The minimum Gasteiger partial charge on any atom is -0.504 e. The van der Waals surface area contributed by atoms with Crippen molar-refractivity contribution < 1.29 is 24.1 Å². The summed E-state index contributed by atoms with van der Waals surface area (Å²) in [6, 6.07) is 5.63. The van der Waals surface area contributed by atoms with E-state index in [-0.39, 0.29) is 17.9 Å². The number of fused-ring (bicyclic) bond motifs is 5. The molecule has 3 heterocycles. The molecule has 7 nitrogen and oxygen atoms in total. The molecule has 0 amide bonds. The first kappa shape index (κ1) is 20.9. The van der Waals surface area contributed by atoms with E-state index in [4.69, 9.17) is 19.2 Å². The molecule has 0 aliphatic carbocycles. The van der Waals surface area contributed by atoms with Crippen LogP contribution in [0.15, 0.2) is 35.0 Å². The molecule has 2 fully saturated rings. The van der Waals surface area contributed by atoms with Gasteiger partial charge >= 0.3 is 5.97 Å². The summed E-state index contributed by atoms with van der Waals surface area (Å²) in [5, 5.41) is 11.8. The zero-order valence-electron chi connectivity index (χ0n) is 18.1. The van der Waals surface area contributed by atoms with Gasteiger partial charge in [-0.3, -0.25) is 9.89 Å². The normalized spacial score (nSPS) is 30.6.